The number of nitrogens with zero attached hydrogens (tertiary/aromatic N) is 4. The molecule has 4 rings (SSSR count). The van der Waals surface area contributed by atoms with Crippen molar-refractivity contribution in [2.45, 2.75) is 41.5 Å². The highest BCUT2D eigenvalue weighted by Crippen LogP contribution is 2.27. The minimum Gasteiger partial charge on any atom is -0.368 e. The first kappa shape index (κ1) is 31.7. The molecule has 3 aromatic rings. The van der Waals surface area contributed by atoms with E-state index in [-0.39, 0.29) is 17.6 Å². The third-order valence-corrected chi connectivity index (χ3v) is 8.41. The molecule has 1 fully saturated rings. The Morgan fingerprint density at radius 2 is 1.44 bits per heavy atom. The van der Waals surface area contributed by atoms with Gasteiger partial charge in [0.25, 0.3) is 0 Å². The highest BCUT2D eigenvalue weighted by Gasteiger charge is 2.23. The third-order valence-electron chi connectivity index (χ3n) is 8.16. The first-order valence-corrected chi connectivity index (χ1v) is 14.8. The van der Waals surface area contributed by atoms with Crippen LogP contribution in [0.1, 0.15) is 45.1 Å². The summed E-state index contributed by atoms with van der Waals surface area (Å²) in [7, 11) is 0. The van der Waals surface area contributed by atoms with Crippen LogP contribution in [0.5, 0.6) is 0 Å². The molecule has 0 radical (unpaired) electrons. The first-order chi connectivity index (χ1) is 20.5. The number of benzene rings is 2. The van der Waals surface area contributed by atoms with Crippen LogP contribution in [0.4, 0.5) is 11.6 Å². The fourth-order valence-corrected chi connectivity index (χ4v) is 5.33. The number of hydrogen-bond acceptors (Lipinski definition) is 7. The van der Waals surface area contributed by atoms with Gasteiger partial charge in [0.05, 0.1) is 0 Å². The molecular weight excluding hydrogens is 564 g/mol. The lowest BCUT2D eigenvalue weighted by Crippen LogP contribution is -2.48. The molecule has 10 heteroatoms. The van der Waals surface area contributed by atoms with Gasteiger partial charge in [-0.2, -0.15) is 0 Å². The van der Waals surface area contributed by atoms with Gasteiger partial charge in [-0.25, -0.2) is 9.97 Å². The van der Waals surface area contributed by atoms with Crippen LogP contribution in [0.15, 0.2) is 42.5 Å². The van der Waals surface area contributed by atoms with Gasteiger partial charge in [-0.1, -0.05) is 11.6 Å². The smallest absolute Gasteiger partial charge is 0.246 e. The number of nitrogens with one attached hydrogen (secondary N) is 2. The van der Waals surface area contributed by atoms with Gasteiger partial charge >= 0.3 is 0 Å². The number of anilines is 2. The number of amides is 2. The van der Waals surface area contributed by atoms with Crippen molar-refractivity contribution in [2.75, 3.05) is 49.5 Å². The lowest BCUT2D eigenvalue weighted by molar-refractivity contribution is -0.126. The Labute approximate surface area is 258 Å². The van der Waals surface area contributed by atoms with Gasteiger partial charge in [0.2, 0.25) is 11.8 Å². The highest BCUT2D eigenvalue weighted by molar-refractivity contribution is 6.30. The molecule has 9 nitrogen and oxygen atoms in total. The van der Waals surface area contributed by atoms with E-state index in [2.05, 4.69) is 27.4 Å². The fourth-order valence-electron chi connectivity index (χ4n) is 5.21. The van der Waals surface area contributed by atoms with Crippen molar-refractivity contribution in [2.24, 2.45) is 0 Å². The number of hydrogen-bond donors (Lipinski definition) is 2. The minimum atomic E-state index is -0.186. The number of carbonyl (C=O) groups is 3. The molecule has 1 aliphatic rings. The van der Waals surface area contributed by atoms with Crippen molar-refractivity contribution in [3.63, 3.8) is 0 Å². The molecule has 2 aromatic carbocycles. The fraction of sp³-hybridized carbons (Fsp3) is 0.364. The number of rotatable bonds is 9. The van der Waals surface area contributed by atoms with E-state index in [1.54, 1.807) is 17.0 Å². The van der Waals surface area contributed by atoms with Crippen LogP contribution >= 0.6 is 11.6 Å². The summed E-state index contributed by atoms with van der Waals surface area (Å²) in [4.78, 5) is 50.8. The Hall–Kier alpha value is -4.24. The Morgan fingerprint density at radius 1 is 0.837 bits per heavy atom. The predicted molar refractivity (Wildman–Crippen MR) is 172 cm³/mol. The zero-order valence-electron chi connectivity index (χ0n) is 25.7. The summed E-state index contributed by atoms with van der Waals surface area (Å²) < 4.78 is 0. The van der Waals surface area contributed by atoms with E-state index < -0.39 is 0 Å². The van der Waals surface area contributed by atoms with Crippen molar-refractivity contribution in [3.05, 3.63) is 80.9 Å². The second kappa shape index (κ2) is 13.8. The van der Waals surface area contributed by atoms with E-state index in [0.717, 1.165) is 33.6 Å². The lowest BCUT2D eigenvalue weighted by atomic mass is 9.87. The van der Waals surface area contributed by atoms with Crippen molar-refractivity contribution >= 4 is 40.8 Å². The van der Waals surface area contributed by atoms with Gasteiger partial charge in [-0.3, -0.25) is 14.4 Å². The van der Waals surface area contributed by atoms with Gasteiger partial charge in [0.1, 0.15) is 11.6 Å². The average molecular weight is 603 g/mol. The molecule has 0 unspecified atom stereocenters. The highest BCUT2D eigenvalue weighted by atomic mass is 35.5. The van der Waals surface area contributed by atoms with E-state index in [1.165, 1.54) is 24.6 Å². The molecule has 1 aromatic heterocycles. The van der Waals surface area contributed by atoms with Crippen LogP contribution in [-0.4, -0.2) is 71.7 Å². The molecule has 1 aliphatic heterocycles. The lowest BCUT2D eigenvalue weighted by Gasteiger charge is -2.35. The first-order valence-electron chi connectivity index (χ1n) is 14.4. The van der Waals surface area contributed by atoms with Crippen LogP contribution in [0.2, 0.25) is 5.02 Å². The second-order valence-corrected chi connectivity index (χ2v) is 11.3. The molecule has 2 amide bonds. The summed E-state index contributed by atoms with van der Waals surface area (Å²) >= 11 is 6.08. The molecule has 1 saturated heterocycles. The zero-order chi connectivity index (χ0) is 31.3. The number of aromatic nitrogens is 2. The SMILES string of the molecule is CC(=O)NCCNc1cc(N2CCN(C(=O)/C=C/C(=O)c3c(C)c(C)c(C)c(C)c3C)CC2)nc(-c2ccc(Cl)cc2)n1. The number of carbonyl (C=O) groups excluding carboxylic acids is 3. The minimum absolute atomic E-state index is 0.0933. The molecule has 0 spiro atoms. The second-order valence-electron chi connectivity index (χ2n) is 10.9. The normalized spacial score (nSPS) is 13.4. The summed E-state index contributed by atoms with van der Waals surface area (Å²) in [5.41, 5.74) is 6.84. The Bertz CT molecular complexity index is 1530. The average Bonchev–Trinajstić information content (AvgIpc) is 3.00. The van der Waals surface area contributed by atoms with Crippen molar-refractivity contribution < 1.29 is 14.4 Å². The quantitative estimate of drug-likeness (QED) is 0.202. The summed E-state index contributed by atoms with van der Waals surface area (Å²) in [6.45, 7) is 14.6. The van der Waals surface area contributed by atoms with E-state index in [0.29, 0.717) is 61.5 Å². The maximum absolute atomic E-state index is 13.1. The standard InChI is InChI=1S/C33H39ClN6O3/c1-20-21(2)23(4)32(24(5)22(20)3)28(42)11-12-31(43)40-17-15-39(16-18-40)30-19-29(36-14-13-35-25(6)41)37-33(38-30)26-7-9-27(34)10-8-26/h7-12,19H,13-18H2,1-6H3,(H,35,41)(H,36,37,38)/b12-11+. The molecule has 0 atom stereocenters. The van der Waals surface area contributed by atoms with Gasteiger partial charge in [0, 0.05) is 74.5 Å². The van der Waals surface area contributed by atoms with Crippen LogP contribution in [0.3, 0.4) is 0 Å². The van der Waals surface area contributed by atoms with Crippen LogP contribution in [0, 0.1) is 34.6 Å². The van der Waals surface area contributed by atoms with Crippen LogP contribution in [-0.2, 0) is 9.59 Å². The number of piperazine rings is 1. The largest absolute Gasteiger partial charge is 0.368 e. The van der Waals surface area contributed by atoms with Gasteiger partial charge in [-0.15, -0.1) is 0 Å². The molecular formula is C33H39ClN6O3. The van der Waals surface area contributed by atoms with E-state index in [1.807, 2.05) is 45.9 Å². The predicted octanol–water partition coefficient (Wildman–Crippen LogP) is 4.97. The Balaban J connectivity index is 1.45. The van der Waals surface area contributed by atoms with Crippen LogP contribution in [0.25, 0.3) is 11.4 Å². The van der Waals surface area contributed by atoms with Crippen molar-refractivity contribution in [1.29, 1.82) is 0 Å². The van der Waals surface area contributed by atoms with Gasteiger partial charge in [0.15, 0.2) is 11.6 Å². The summed E-state index contributed by atoms with van der Waals surface area (Å²) in [5.74, 6) is 1.48. The number of halogens is 1. The number of allylic oxidation sites excluding steroid dienone is 1. The molecule has 43 heavy (non-hydrogen) atoms. The van der Waals surface area contributed by atoms with Crippen molar-refractivity contribution in [1.82, 2.24) is 20.2 Å². The van der Waals surface area contributed by atoms with E-state index in [9.17, 15) is 14.4 Å². The topological polar surface area (TPSA) is 108 Å². The van der Waals surface area contributed by atoms with Crippen LogP contribution < -0.4 is 15.5 Å². The number of ketones is 1. The van der Waals surface area contributed by atoms with Gasteiger partial charge < -0.3 is 20.4 Å². The molecule has 0 bridgehead atoms. The van der Waals surface area contributed by atoms with E-state index >= 15 is 0 Å². The molecule has 2 heterocycles. The molecule has 226 valence electrons. The Morgan fingerprint density at radius 3 is 2.05 bits per heavy atom. The molecule has 0 saturated carbocycles. The summed E-state index contributed by atoms with van der Waals surface area (Å²) in [6.07, 6.45) is 2.79. The molecule has 0 aliphatic carbocycles. The summed E-state index contributed by atoms with van der Waals surface area (Å²) in [6, 6.07) is 9.20. The summed E-state index contributed by atoms with van der Waals surface area (Å²) in [5, 5.41) is 6.65. The molecule has 2 N–H and O–H groups in total. The van der Waals surface area contributed by atoms with Gasteiger partial charge in [-0.05, 0) is 92.8 Å². The maximum Gasteiger partial charge on any atom is 0.246 e. The zero-order valence-corrected chi connectivity index (χ0v) is 26.4. The third kappa shape index (κ3) is 7.59. The maximum atomic E-state index is 13.1. The van der Waals surface area contributed by atoms with E-state index in [4.69, 9.17) is 16.6 Å². The monoisotopic (exact) mass is 602 g/mol. The Kier molecular flexibility index (Phi) is 10.2. The van der Waals surface area contributed by atoms with Crippen molar-refractivity contribution in [3.8, 4) is 11.4 Å².